The maximum Gasteiger partial charge on any atom is 0.0349 e. The molecule has 2 aromatic carbocycles. The predicted octanol–water partition coefficient (Wildman–Crippen LogP) is 3.44. The van der Waals surface area contributed by atoms with Crippen LogP contribution in [0.3, 0.4) is 0 Å². The molecule has 2 nitrogen and oxygen atoms in total. The summed E-state index contributed by atoms with van der Waals surface area (Å²) in [5.41, 5.74) is 11.1. The molecule has 0 radical (unpaired) electrons. The molecule has 2 aromatic rings. The first-order valence-corrected chi connectivity index (χ1v) is 6.99. The largest absolute Gasteiger partial charge is 0.398 e. The van der Waals surface area contributed by atoms with Crippen molar-refractivity contribution in [2.45, 2.75) is 31.8 Å². The second-order valence-corrected chi connectivity index (χ2v) is 5.23. The third kappa shape index (κ3) is 2.64. The van der Waals surface area contributed by atoms with Gasteiger partial charge in [0.1, 0.15) is 0 Å². The van der Waals surface area contributed by atoms with Crippen molar-refractivity contribution in [3.8, 4) is 0 Å². The highest BCUT2D eigenvalue weighted by molar-refractivity contribution is 5.52. The van der Waals surface area contributed by atoms with Crippen molar-refractivity contribution >= 4 is 5.69 Å². The van der Waals surface area contributed by atoms with Crippen molar-refractivity contribution < 1.29 is 0 Å². The van der Waals surface area contributed by atoms with E-state index in [0.717, 1.165) is 18.7 Å². The molecule has 1 unspecified atom stereocenters. The summed E-state index contributed by atoms with van der Waals surface area (Å²) in [6, 6.07) is 17.3. The lowest BCUT2D eigenvalue weighted by atomic mass is 9.86. The maximum absolute atomic E-state index is 6.08. The van der Waals surface area contributed by atoms with E-state index in [9.17, 15) is 0 Å². The molecule has 0 amide bonds. The van der Waals surface area contributed by atoms with E-state index in [1.54, 1.807) is 0 Å². The fourth-order valence-corrected chi connectivity index (χ4v) is 2.93. The average molecular weight is 252 g/mol. The quantitative estimate of drug-likeness (QED) is 0.821. The molecule has 1 aliphatic carbocycles. The zero-order valence-corrected chi connectivity index (χ0v) is 11.1. The van der Waals surface area contributed by atoms with Crippen molar-refractivity contribution in [3.05, 3.63) is 65.2 Å². The van der Waals surface area contributed by atoms with Crippen LogP contribution >= 0.6 is 0 Å². The zero-order chi connectivity index (χ0) is 13.1. The smallest absolute Gasteiger partial charge is 0.0349 e. The second-order valence-electron chi connectivity index (χ2n) is 5.23. The van der Waals surface area contributed by atoms with Crippen molar-refractivity contribution in [2.24, 2.45) is 0 Å². The molecule has 19 heavy (non-hydrogen) atoms. The van der Waals surface area contributed by atoms with E-state index < -0.39 is 0 Å². The lowest BCUT2D eigenvalue weighted by Crippen LogP contribution is -2.25. The number of hydrogen-bond donors (Lipinski definition) is 2. The second kappa shape index (κ2) is 5.45. The number of benzene rings is 2. The van der Waals surface area contributed by atoms with Gasteiger partial charge in [-0.05, 0) is 42.0 Å². The molecule has 0 bridgehead atoms. The first-order chi connectivity index (χ1) is 9.34. The molecule has 0 spiro atoms. The predicted molar refractivity (Wildman–Crippen MR) is 79.8 cm³/mol. The number of nitrogen functional groups attached to an aromatic ring is 1. The Bertz CT molecular complexity index is 548. The normalized spacial score (nSPS) is 18.0. The Morgan fingerprint density at radius 2 is 1.89 bits per heavy atom. The Morgan fingerprint density at radius 3 is 2.74 bits per heavy atom. The first kappa shape index (κ1) is 12.2. The number of nitrogens with one attached hydrogen (secondary N) is 1. The van der Waals surface area contributed by atoms with Gasteiger partial charge < -0.3 is 11.1 Å². The van der Waals surface area contributed by atoms with E-state index in [-0.39, 0.29) is 0 Å². The number of anilines is 1. The fourth-order valence-electron chi connectivity index (χ4n) is 2.93. The maximum atomic E-state index is 6.08. The van der Waals surface area contributed by atoms with Crippen LogP contribution < -0.4 is 11.1 Å². The van der Waals surface area contributed by atoms with E-state index in [0.29, 0.717) is 6.04 Å². The molecule has 3 rings (SSSR count). The van der Waals surface area contributed by atoms with Crippen LogP contribution in [0.2, 0.25) is 0 Å². The highest BCUT2D eigenvalue weighted by atomic mass is 14.9. The van der Waals surface area contributed by atoms with Crippen LogP contribution in [0.4, 0.5) is 5.69 Å². The fraction of sp³-hybridized carbons (Fsp3) is 0.294. The lowest BCUT2D eigenvalue weighted by Gasteiger charge is -2.27. The first-order valence-electron chi connectivity index (χ1n) is 6.99. The van der Waals surface area contributed by atoms with Crippen molar-refractivity contribution in [3.63, 3.8) is 0 Å². The Morgan fingerprint density at radius 1 is 1.05 bits per heavy atom. The molecular weight excluding hydrogens is 232 g/mol. The molecule has 0 aliphatic heterocycles. The van der Waals surface area contributed by atoms with Crippen molar-refractivity contribution in [1.82, 2.24) is 5.32 Å². The molecule has 98 valence electrons. The highest BCUT2D eigenvalue weighted by Crippen LogP contribution is 2.33. The molecule has 1 atom stereocenters. The third-order valence-electron chi connectivity index (χ3n) is 3.94. The summed E-state index contributed by atoms with van der Waals surface area (Å²) in [5.74, 6) is 0. The monoisotopic (exact) mass is 252 g/mol. The summed E-state index contributed by atoms with van der Waals surface area (Å²) in [6.45, 7) is 0.916. The molecule has 2 heteroatoms. The van der Waals surface area contributed by atoms with Crippen LogP contribution in [0.25, 0.3) is 0 Å². The average Bonchev–Trinajstić information content (AvgIpc) is 2.47. The number of hydrogen-bond acceptors (Lipinski definition) is 2. The van der Waals surface area contributed by atoms with Crippen LogP contribution in [0.5, 0.6) is 0 Å². The van der Waals surface area contributed by atoms with E-state index in [2.05, 4.69) is 47.8 Å². The molecule has 0 fully saturated rings. The van der Waals surface area contributed by atoms with E-state index >= 15 is 0 Å². The van der Waals surface area contributed by atoms with Crippen LogP contribution in [0.15, 0.2) is 48.5 Å². The summed E-state index contributed by atoms with van der Waals surface area (Å²) >= 11 is 0. The minimum absolute atomic E-state index is 0.437. The molecule has 0 saturated carbocycles. The Hall–Kier alpha value is -1.80. The van der Waals surface area contributed by atoms with Gasteiger partial charge in [0, 0.05) is 18.3 Å². The van der Waals surface area contributed by atoms with Crippen molar-refractivity contribution in [2.75, 3.05) is 5.73 Å². The Balaban J connectivity index is 1.75. The summed E-state index contributed by atoms with van der Waals surface area (Å²) in [7, 11) is 0. The van der Waals surface area contributed by atoms with Gasteiger partial charge in [0.25, 0.3) is 0 Å². The summed E-state index contributed by atoms with van der Waals surface area (Å²) in [6.07, 6.45) is 3.53. The number of rotatable bonds is 3. The minimum Gasteiger partial charge on any atom is -0.398 e. The van der Waals surface area contributed by atoms with Gasteiger partial charge in [-0.2, -0.15) is 0 Å². The zero-order valence-electron chi connectivity index (χ0n) is 11.1. The molecule has 0 saturated heterocycles. The van der Waals surface area contributed by atoms with Crippen molar-refractivity contribution in [1.29, 1.82) is 0 Å². The molecular formula is C17H20N2. The Kier molecular flexibility index (Phi) is 3.51. The molecule has 0 aromatic heterocycles. The lowest BCUT2D eigenvalue weighted by molar-refractivity contribution is 0.460. The van der Waals surface area contributed by atoms with Gasteiger partial charge in [-0.25, -0.2) is 0 Å². The number of fused-ring (bicyclic) bond motifs is 1. The third-order valence-corrected chi connectivity index (χ3v) is 3.94. The van der Waals surface area contributed by atoms with E-state index in [4.69, 9.17) is 5.73 Å². The summed E-state index contributed by atoms with van der Waals surface area (Å²) in [4.78, 5) is 0. The van der Waals surface area contributed by atoms with E-state index in [1.165, 1.54) is 29.5 Å². The van der Waals surface area contributed by atoms with Crippen LogP contribution in [-0.2, 0) is 13.0 Å². The van der Waals surface area contributed by atoms with Gasteiger partial charge >= 0.3 is 0 Å². The van der Waals surface area contributed by atoms with Gasteiger partial charge in [0.05, 0.1) is 0 Å². The van der Waals surface area contributed by atoms with E-state index in [1.807, 2.05) is 6.07 Å². The highest BCUT2D eigenvalue weighted by Gasteiger charge is 2.20. The van der Waals surface area contributed by atoms with Gasteiger partial charge in [0.15, 0.2) is 0 Å². The molecule has 0 heterocycles. The van der Waals surface area contributed by atoms with Gasteiger partial charge in [0.2, 0.25) is 0 Å². The van der Waals surface area contributed by atoms with Crippen LogP contribution in [0, 0.1) is 0 Å². The molecule has 3 N–H and O–H groups in total. The number of nitrogens with two attached hydrogens (primary N) is 1. The van der Waals surface area contributed by atoms with Gasteiger partial charge in [-0.1, -0.05) is 42.5 Å². The van der Waals surface area contributed by atoms with Gasteiger partial charge in [-0.3, -0.25) is 0 Å². The minimum atomic E-state index is 0.437. The SMILES string of the molecule is Nc1cccc2c1CCCC2NCc1ccccc1. The standard InChI is InChI=1S/C17H20N2/c18-16-10-4-9-15-14(16)8-5-11-17(15)19-12-13-6-2-1-3-7-13/h1-4,6-7,9-10,17,19H,5,8,11-12,18H2. The summed E-state index contributed by atoms with van der Waals surface area (Å²) < 4.78 is 0. The topological polar surface area (TPSA) is 38.0 Å². The Labute approximate surface area is 114 Å². The van der Waals surface area contributed by atoms with Crippen LogP contribution in [0.1, 0.15) is 35.6 Å². The molecule has 1 aliphatic rings. The summed E-state index contributed by atoms with van der Waals surface area (Å²) in [5, 5.41) is 3.67. The van der Waals surface area contributed by atoms with Crippen LogP contribution in [-0.4, -0.2) is 0 Å². The van der Waals surface area contributed by atoms with Gasteiger partial charge in [-0.15, -0.1) is 0 Å².